The van der Waals surface area contributed by atoms with E-state index >= 15 is 0 Å². The first kappa shape index (κ1) is 20.8. The number of carbonyl (C=O) groups is 2. The van der Waals surface area contributed by atoms with Crippen LogP contribution < -0.4 is 0 Å². The maximum absolute atomic E-state index is 13.1. The number of aromatic nitrogens is 3. The van der Waals surface area contributed by atoms with E-state index in [-0.39, 0.29) is 42.8 Å². The Kier molecular flexibility index (Phi) is 6.19. The van der Waals surface area contributed by atoms with Crippen molar-refractivity contribution in [3.8, 4) is 0 Å². The van der Waals surface area contributed by atoms with E-state index in [1.165, 1.54) is 34.0 Å². The molecule has 2 heterocycles. The molecule has 0 saturated carbocycles. The number of hydrogen-bond acceptors (Lipinski definition) is 5. The van der Waals surface area contributed by atoms with Crippen molar-refractivity contribution in [1.29, 1.82) is 0 Å². The number of halogens is 3. The van der Waals surface area contributed by atoms with Gasteiger partial charge in [0.1, 0.15) is 0 Å². The van der Waals surface area contributed by atoms with Gasteiger partial charge < -0.3 is 9.64 Å². The molecule has 1 aromatic heterocycles. The molecule has 0 bridgehead atoms. The minimum Gasteiger partial charge on any atom is -0.466 e. The Morgan fingerprint density at radius 2 is 2.03 bits per heavy atom. The fourth-order valence-electron chi connectivity index (χ4n) is 3.36. The number of rotatable bonds is 5. The van der Waals surface area contributed by atoms with Gasteiger partial charge >= 0.3 is 12.1 Å². The molecule has 7 nitrogen and oxygen atoms in total. The molecular formula is C19H21F3N4O3. The zero-order valence-corrected chi connectivity index (χ0v) is 15.9. The molecule has 1 aliphatic rings. The van der Waals surface area contributed by atoms with Gasteiger partial charge in [0.25, 0.3) is 5.91 Å². The van der Waals surface area contributed by atoms with Crippen molar-refractivity contribution >= 4 is 11.9 Å². The zero-order valence-electron chi connectivity index (χ0n) is 15.9. The Morgan fingerprint density at radius 1 is 1.28 bits per heavy atom. The summed E-state index contributed by atoms with van der Waals surface area (Å²) in [7, 11) is 0. The van der Waals surface area contributed by atoms with Crippen molar-refractivity contribution in [2.45, 2.75) is 32.5 Å². The molecule has 1 amide bonds. The first-order valence-electron chi connectivity index (χ1n) is 9.30. The lowest BCUT2D eigenvalue weighted by Crippen LogP contribution is -2.43. The van der Waals surface area contributed by atoms with Crippen LogP contribution in [0.3, 0.4) is 0 Å². The van der Waals surface area contributed by atoms with Gasteiger partial charge in [-0.25, -0.2) is 4.68 Å². The van der Waals surface area contributed by atoms with Crippen LogP contribution in [0.25, 0.3) is 0 Å². The van der Waals surface area contributed by atoms with Crippen LogP contribution in [0.15, 0.2) is 30.5 Å². The topological polar surface area (TPSA) is 77.3 Å². The van der Waals surface area contributed by atoms with Crippen molar-refractivity contribution in [3.05, 3.63) is 47.3 Å². The van der Waals surface area contributed by atoms with E-state index in [4.69, 9.17) is 4.74 Å². The van der Waals surface area contributed by atoms with Gasteiger partial charge in [0.15, 0.2) is 5.69 Å². The number of alkyl halides is 3. The highest BCUT2D eigenvalue weighted by Crippen LogP contribution is 2.32. The van der Waals surface area contributed by atoms with Gasteiger partial charge in [-0.05, 0) is 31.4 Å². The molecule has 1 aliphatic heterocycles. The molecule has 0 aliphatic carbocycles. The van der Waals surface area contributed by atoms with Crippen LogP contribution in [0.2, 0.25) is 0 Å². The van der Waals surface area contributed by atoms with Crippen molar-refractivity contribution in [2.75, 3.05) is 19.7 Å². The van der Waals surface area contributed by atoms with Gasteiger partial charge in [-0.2, -0.15) is 13.2 Å². The maximum Gasteiger partial charge on any atom is 0.416 e. The summed E-state index contributed by atoms with van der Waals surface area (Å²) in [5, 5.41) is 7.60. The van der Waals surface area contributed by atoms with Crippen molar-refractivity contribution in [2.24, 2.45) is 5.92 Å². The number of carbonyl (C=O) groups excluding carboxylic acids is 2. The first-order valence-corrected chi connectivity index (χ1v) is 9.30. The second-order valence-electron chi connectivity index (χ2n) is 6.80. The molecule has 1 saturated heterocycles. The molecule has 1 aromatic carbocycles. The highest BCUT2D eigenvalue weighted by atomic mass is 19.4. The number of esters is 1. The van der Waals surface area contributed by atoms with Crippen LogP contribution in [-0.4, -0.2) is 51.5 Å². The summed E-state index contributed by atoms with van der Waals surface area (Å²) < 4.78 is 45.6. The molecule has 10 heteroatoms. The predicted molar refractivity (Wildman–Crippen MR) is 95.8 cm³/mol. The Morgan fingerprint density at radius 3 is 2.76 bits per heavy atom. The lowest BCUT2D eigenvalue weighted by Gasteiger charge is -2.30. The van der Waals surface area contributed by atoms with Crippen molar-refractivity contribution in [3.63, 3.8) is 0 Å². The number of piperidine rings is 1. The lowest BCUT2D eigenvalue weighted by atomic mass is 9.98. The maximum atomic E-state index is 13.1. The van der Waals surface area contributed by atoms with Crippen LogP contribution in [0.1, 0.15) is 41.4 Å². The van der Waals surface area contributed by atoms with Crippen LogP contribution in [-0.2, 0) is 22.3 Å². The average molecular weight is 410 g/mol. The van der Waals surface area contributed by atoms with Crippen LogP contribution in [0, 0.1) is 5.92 Å². The van der Waals surface area contributed by atoms with Crippen LogP contribution >= 0.6 is 0 Å². The molecule has 1 fully saturated rings. The number of nitrogens with zero attached hydrogens (tertiary/aromatic N) is 4. The van der Waals surface area contributed by atoms with Gasteiger partial charge in [-0.1, -0.05) is 23.4 Å². The number of likely N-dealkylation sites (tertiary alicyclic amines) is 1. The summed E-state index contributed by atoms with van der Waals surface area (Å²) in [5.41, 5.74) is -0.695. The normalized spacial score (nSPS) is 17.2. The molecule has 3 rings (SSSR count). The van der Waals surface area contributed by atoms with E-state index in [9.17, 15) is 22.8 Å². The fourth-order valence-corrected chi connectivity index (χ4v) is 3.36. The van der Waals surface area contributed by atoms with Crippen molar-refractivity contribution in [1.82, 2.24) is 19.9 Å². The van der Waals surface area contributed by atoms with E-state index in [1.54, 1.807) is 6.92 Å². The Labute approximate surface area is 165 Å². The van der Waals surface area contributed by atoms with Gasteiger partial charge in [-0.3, -0.25) is 9.59 Å². The standard InChI is InChI=1S/C19H21F3N4O3/c1-2-29-18(28)14-7-5-9-25(10-14)17(27)16-12-26(24-23-16)11-13-6-3-4-8-15(13)19(20,21)22/h3-4,6,8,12,14H,2,5,7,9-11H2,1H3/t14-/m0/s1. The van der Waals surface area contributed by atoms with E-state index in [2.05, 4.69) is 10.3 Å². The monoisotopic (exact) mass is 410 g/mol. The predicted octanol–water partition coefficient (Wildman–Crippen LogP) is 2.76. The largest absolute Gasteiger partial charge is 0.466 e. The molecular weight excluding hydrogens is 389 g/mol. The minimum atomic E-state index is -4.48. The van der Waals surface area contributed by atoms with E-state index in [0.717, 1.165) is 6.07 Å². The zero-order chi connectivity index (χ0) is 21.0. The van der Waals surface area contributed by atoms with Gasteiger partial charge in [0.2, 0.25) is 0 Å². The van der Waals surface area contributed by atoms with E-state index < -0.39 is 17.6 Å². The number of ether oxygens (including phenoxy) is 1. The Bertz CT molecular complexity index is 882. The summed E-state index contributed by atoms with van der Waals surface area (Å²) in [6.45, 7) is 2.53. The summed E-state index contributed by atoms with van der Waals surface area (Å²) >= 11 is 0. The number of hydrogen-bond donors (Lipinski definition) is 0. The highest BCUT2D eigenvalue weighted by Gasteiger charge is 2.33. The molecule has 1 atom stereocenters. The SMILES string of the molecule is CCOC(=O)[C@H]1CCCN(C(=O)c2cn(Cc3ccccc3C(F)(F)F)nn2)C1. The minimum absolute atomic E-state index is 0.0269. The highest BCUT2D eigenvalue weighted by molar-refractivity contribution is 5.92. The second kappa shape index (κ2) is 8.62. The van der Waals surface area contributed by atoms with Gasteiger partial charge in [-0.15, -0.1) is 5.10 Å². The van der Waals surface area contributed by atoms with Gasteiger partial charge in [0, 0.05) is 13.1 Å². The van der Waals surface area contributed by atoms with Gasteiger partial charge in [0.05, 0.1) is 30.8 Å². The number of benzene rings is 1. The van der Waals surface area contributed by atoms with Crippen LogP contribution in [0.5, 0.6) is 0 Å². The fraction of sp³-hybridized carbons (Fsp3) is 0.474. The Hall–Kier alpha value is -2.91. The Balaban J connectivity index is 1.70. The van der Waals surface area contributed by atoms with E-state index in [1.807, 2.05) is 0 Å². The smallest absolute Gasteiger partial charge is 0.416 e. The van der Waals surface area contributed by atoms with E-state index in [0.29, 0.717) is 19.4 Å². The third-order valence-electron chi connectivity index (χ3n) is 4.74. The average Bonchev–Trinajstić information content (AvgIpc) is 3.16. The summed E-state index contributed by atoms with van der Waals surface area (Å²) in [4.78, 5) is 26.1. The molecule has 0 radical (unpaired) electrons. The quantitative estimate of drug-likeness (QED) is 0.709. The molecule has 156 valence electrons. The third kappa shape index (κ3) is 4.93. The molecule has 2 aromatic rings. The van der Waals surface area contributed by atoms with Crippen molar-refractivity contribution < 1.29 is 27.5 Å². The summed E-state index contributed by atoms with van der Waals surface area (Å²) in [6, 6.07) is 5.19. The molecule has 0 spiro atoms. The summed E-state index contributed by atoms with van der Waals surface area (Å²) in [6.07, 6.45) is -1.86. The lowest BCUT2D eigenvalue weighted by molar-refractivity contribution is -0.149. The first-order chi connectivity index (χ1) is 13.8. The van der Waals surface area contributed by atoms with Crippen LogP contribution in [0.4, 0.5) is 13.2 Å². The summed E-state index contributed by atoms with van der Waals surface area (Å²) in [5.74, 6) is -1.13. The third-order valence-corrected chi connectivity index (χ3v) is 4.74. The second-order valence-corrected chi connectivity index (χ2v) is 6.80. The molecule has 0 unspecified atom stereocenters. The molecule has 0 N–H and O–H groups in total. The number of amides is 1. The molecule has 29 heavy (non-hydrogen) atoms.